The number of rotatable bonds is 5. The molecule has 1 unspecified atom stereocenters. The largest absolute Gasteiger partial charge is 0.478 e. The molecule has 1 atom stereocenters. The summed E-state index contributed by atoms with van der Waals surface area (Å²) in [4.78, 5) is 13.0. The highest BCUT2D eigenvalue weighted by atomic mass is 32.2. The number of sulfonamides is 1. The molecule has 0 radical (unpaired) electrons. The number of nitrogens with zero attached hydrogens (tertiary/aromatic N) is 2. The molecule has 1 fully saturated rings. The van der Waals surface area contributed by atoms with Crippen LogP contribution in [0.1, 0.15) is 16.8 Å². The van der Waals surface area contributed by atoms with Crippen molar-refractivity contribution in [1.82, 2.24) is 19.8 Å². The van der Waals surface area contributed by atoms with E-state index in [2.05, 4.69) is 19.8 Å². The molecule has 2 heterocycles. The maximum atomic E-state index is 12.0. The van der Waals surface area contributed by atoms with E-state index in [0.717, 1.165) is 25.7 Å². The van der Waals surface area contributed by atoms with E-state index in [1.807, 2.05) is 7.05 Å². The van der Waals surface area contributed by atoms with Crippen molar-refractivity contribution in [2.24, 2.45) is 5.92 Å². The highest BCUT2D eigenvalue weighted by Crippen LogP contribution is 2.15. The van der Waals surface area contributed by atoms with Gasteiger partial charge in [0.15, 0.2) is 5.03 Å². The first-order valence-electron chi connectivity index (χ1n) is 5.85. The maximum Gasteiger partial charge on any atom is 0.340 e. The Hall–Kier alpha value is -1.45. The molecule has 8 nitrogen and oxygen atoms in total. The summed E-state index contributed by atoms with van der Waals surface area (Å²) >= 11 is 0. The van der Waals surface area contributed by atoms with Crippen molar-refractivity contribution in [2.45, 2.75) is 11.4 Å². The molecule has 1 aromatic rings. The predicted molar refractivity (Wildman–Crippen MR) is 66.3 cm³/mol. The minimum atomic E-state index is -3.86. The molecule has 1 aliphatic rings. The number of hydrogen-bond acceptors (Lipinski definition) is 5. The minimum absolute atomic E-state index is 0.246. The first kappa shape index (κ1) is 14.0. The molecule has 0 spiro atoms. The van der Waals surface area contributed by atoms with E-state index < -0.39 is 21.0 Å². The molecule has 0 aromatic carbocycles. The summed E-state index contributed by atoms with van der Waals surface area (Å²) in [5.74, 6) is -1.08. The quantitative estimate of drug-likeness (QED) is 0.662. The summed E-state index contributed by atoms with van der Waals surface area (Å²) in [6.07, 6.45) is 1.91. The SMILES string of the molecule is CN1CCC(CNS(=O)(=O)c2[nH]ncc2C(=O)O)C1. The fraction of sp³-hybridized carbons (Fsp3) is 0.600. The number of aromatic amines is 1. The van der Waals surface area contributed by atoms with E-state index in [9.17, 15) is 13.2 Å². The summed E-state index contributed by atoms with van der Waals surface area (Å²) in [5, 5.41) is 14.2. The normalized spacial score (nSPS) is 20.8. The van der Waals surface area contributed by atoms with Crippen molar-refractivity contribution >= 4 is 16.0 Å². The molecule has 19 heavy (non-hydrogen) atoms. The van der Waals surface area contributed by atoms with Crippen LogP contribution in [0, 0.1) is 5.92 Å². The Labute approximate surface area is 110 Å². The van der Waals surface area contributed by atoms with Gasteiger partial charge in [0.2, 0.25) is 0 Å². The number of hydrogen-bond donors (Lipinski definition) is 3. The monoisotopic (exact) mass is 288 g/mol. The van der Waals surface area contributed by atoms with Crippen molar-refractivity contribution in [3.05, 3.63) is 11.8 Å². The maximum absolute atomic E-state index is 12.0. The van der Waals surface area contributed by atoms with E-state index in [1.165, 1.54) is 0 Å². The van der Waals surface area contributed by atoms with Crippen LogP contribution in [-0.2, 0) is 10.0 Å². The van der Waals surface area contributed by atoms with Crippen molar-refractivity contribution in [2.75, 3.05) is 26.7 Å². The van der Waals surface area contributed by atoms with E-state index in [-0.39, 0.29) is 11.5 Å². The van der Waals surface area contributed by atoms with Gasteiger partial charge in [-0.25, -0.2) is 17.9 Å². The van der Waals surface area contributed by atoms with E-state index in [0.29, 0.717) is 6.54 Å². The molecule has 2 rings (SSSR count). The number of carboxylic acid groups (broad SMARTS) is 1. The van der Waals surface area contributed by atoms with Crippen LogP contribution in [0.25, 0.3) is 0 Å². The van der Waals surface area contributed by atoms with Gasteiger partial charge in [0, 0.05) is 13.1 Å². The Kier molecular flexibility index (Phi) is 3.88. The lowest BCUT2D eigenvalue weighted by Crippen LogP contribution is -2.31. The Morgan fingerprint density at radius 3 is 3.00 bits per heavy atom. The van der Waals surface area contributed by atoms with Crippen LogP contribution in [-0.4, -0.2) is 61.3 Å². The Bertz CT molecular complexity index is 568. The molecule has 0 saturated carbocycles. The molecule has 0 bridgehead atoms. The third kappa shape index (κ3) is 3.11. The van der Waals surface area contributed by atoms with E-state index in [4.69, 9.17) is 5.11 Å². The van der Waals surface area contributed by atoms with E-state index in [1.54, 1.807) is 0 Å². The van der Waals surface area contributed by atoms with Gasteiger partial charge in [-0.15, -0.1) is 0 Å². The van der Waals surface area contributed by atoms with Crippen molar-refractivity contribution in [1.29, 1.82) is 0 Å². The van der Waals surface area contributed by atoms with Crippen molar-refractivity contribution in [3.63, 3.8) is 0 Å². The first-order valence-corrected chi connectivity index (χ1v) is 7.33. The third-order valence-corrected chi connectivity index (χ3v) is 4.55. The number of aromatic carboxylic acids is 1. The van der Waals surface area contributed by atoms with Gasteiger partial charge in [-0.3, -0.25) is 5.10 Å². The molecule has 1 saturated heterocycles. The Morgan fingerprint density at radius 2 is 2.42 bits per heavy atom. The van der Waals surface area contributed by atoms with E-state index >= 15 is 0 Å². The molecule has 0 aliphatic carbocycles. The standard InChI is InChI=1S/C10H16N4O4S/c1-14-3-2-7(6-14)4-12-19(17,18)9-8(10(15)16)5-11-13-9/h5,7,12H,2-4,6H2,1H3,(H,11,13)(H,15,16). The molecule has 1 aromatic heterocycles. The summed E-state index contributed by atoms with van der Waals surface area (Å²) in [6.45, 7) is 2.07. The summed E-state index contributed by atoms with van der Waals surface area (Å²) in [6, 6.07) is 0. The van der Waals surface area contributed by atoms with Gasteiger partial charge < -0.3 is 10.0 Å². The van der Waals surface area contributed by atoms with Crippen LogP contribution < -0.4 is 4.72 Å². The lowest BCUT2D eigenvalue weighted by molar-refractivity contribution is 0.0692. The van der Waals surface area contributed by atoms with Crippen LogP contribution >= 0.6 is 0 Å². The highest BCUT2D eigenvalue weighted by Gasteiger charge is 2.27. The first-order chi connectivity index (χ1) is 8.90. The van der Waals surface area contributed by atoms with Gasteiger partial charge >= 0.3 is 5.97 Å². The fourth-order valence-corrected chi connectivity index (χ4v) is 3.33. The zero-order chi connectivity index (χ0) is 14.0. The van der Waals surface area contributed by atoms with Gasteiger partial charge in [0.1, 0.15) is 5.56 Å². The number of H-pyrrole nitrogens is 1. The summed E-state index contributed by atoms with van der Waals surface area (Å²) < 4.78 is 26.4. The van der Waals surface area contributed by atoms with Crippen molar-refractivity contribution in [3.8, 4) is 0 Å². The molecular formula is C10H16N4O4S. The average Bonchev–Trinajstić information content (AvgIpc) is 2.94. The lowest BCUT2D eigenvalue weighted by atomic mass is 10.1. The van der Waals surface area contributed by atoms with Crippen LogP contribution in [0.2, 0.25) is 0 Å². The Morgan fingerprint density at radius 1 is 1.68 bits per heavy atom. The number of carbonyl (C=O) groups is 1. The number of aromatic nitrogens is 2. The second-order valence-corrected chi connectivity index (χ2v) is 6.39. The second kappa shape index (κ2) is 5.27. The highest BCUT2D eigenvalue weighted by molar-refractivity contribution is 7.89. The second-order valence-electron chi connectivity index (χ2n) is 4.69. The smallest absolute Gasteiger partial charge is 0.340 e. The summed E-state index contributed by atoms with van der Waals surface area (Å²) in [5.41, 5.74) is -0.351. The van der Waals surface area contributed by atoms with Crippen LogP contribution in [0.5, 0.6) is 0 Å². The van der Waals surface area contributed by atoms with Gasteiger partial charge in [-0.05, 0) is 25.9 Å². The van der Waals surface area contributed by atoms with Gasteiger partial charge in [-0.1, -0.05) is 0 Å². The molecule has 106 valence electrons. The molecule has 0 amide bonds. The Balaban J connectivity index is 2.06. The zero-order valence-corrected chi connectivity index (χ0v) is 11.3. The lowest BCUT2D eigenvalue weighted by Gasteiger charge is -2.11. The number of nitrogens with one attached hydrogen (secondary N) is 2. The topological polar surface area (TPSA) is 115 Å². The third-order valence-electron chi connectivity index (χ3n) is 3.15. The molecule has 9 heteroatoms. The predicted octanol–water partition coefficient (Wildman–Crippen LogP) is -0.662. The molecular weight excluding hydrogens is 272 g/mol. The zero-order valence-electron chi connectivity index (χ0n) is 10.5. The van der Waals surface area contributed by atoms with Gasteiger partial charge in [0.05, 0.1) is 6.20 Å². The van der Waals surface area contributed by atoms with Crippen LogP contribution in [0.3, 0.4) is 0 Å². The number of likely N-dealkylation sites (tertiary alicyclic amines) is 1. The van der Waals surface area contributed by atoms with Crippen molar-refractivity contribution < 1.29 is 18.3 Å². The van der Waals surface area contributed by atoms with Crippen LogP contribution in [0.15, 0.2) is 11.2 Å². The van der Waals surface area contributed by atoms with Crippen LogP contribution in [0.4, 0.5) is 0 Å². The molecule has 1 aliphatic heterocycles. The number of carboxylic acids is 1. The minimum Gasteiger partial charge on any atom is -0.478 e. The summed E-state index contributed by atoms with van der Waals surface area (Å²) in [7, 11) is -1.89. The fourth-order valence-electron chi connectivity index (χ4n) is 2.12. The van der Waals surface area contributed by atoms with Gasteiger partial charge in [0.25, 0.3) is 10.0 Å². The molecule has 3 N–H and O–H groups in total. The average molecular weight is 288 g/mol. The van der Waals surface area contributed by atoms with Gasteiger partial charge in [-0.2, -0.15) is 5.10 Å².